The molecule has 0 unspecified atom stereocenters. The maximum Gasteiger partial charge on any atom is 0.416 e. The summed E-state index contributed by atoms with van der Waals surface area (Å²) < 4.78 is 51.4. The lowest BCUT2D eigenvalue weighted by atomic mass is 10.1. The van der Waals surface area contributed by atoms with Crippen LogP contribution < -0.4 is 4.74 Å². The van der Waals surface area contributed by atoms with Gasteiger partial charge in [-0.2, -0.15) is 13.2 Å². The second-order valence-electron chi connectivity index (χ2n) is 9.50. The molecule has 1 aliphatic heterocycles. The highest BCUT2D eigenvalue weighted by atomic mass is 19.4. The average molecular weight is 522 g/mol. The second kappa shape index (κ2) is 11.8. The molecule has 0 amide bonds. The maximum atomic E-state index is 13.3. The third kappa shape index (κ3) is 6.82. The third-order valence-electron chi connectivity index (χ3n) is 6.75. The van der Waals surface area contributed by atoms with Crippen LogP contribution in [0.15, 0.2) is 89.5 Å². The molecule has 1 aromatic heterocycles. The van der Waals surface area contributed by atoms with Crippen molar-refractivity contribution in [3.05, 3.63) is 102 Å². The predicted octanol–water partition coefficient (Wildman–Crippen LogP) is 6.90. The van der Waals surface area contributed by atoms with Gasteiger partial charge < -0.3 is 14.2 Å². The molecule has 0 N–H and O–H groups in total. The number of piperazine rings is 1. The van der Waals surface area contributed by atoms with Gasteiger partial charge in [0.25, 0.3) is 0 Å². The molecule has 8 heteroatoms. The Morgan fingerprint density at radius 1 is 0.789 bits per heavy atom. The fourth-order valence-corrected chi connectivity index (χ4v) is 4.73. The molecule has 2 heterocycles. The molecule has 198 valence electrons. The van der Waals surface area contributed by atoms with Gasteiger partial charge in [-0.15, -0.1) is 0 Å². The van der Waals surface area contributed by atoms with Gasteiger partial charge in [0, 0.05) is 50.8 Å². The zero-order valence-electron chi connectivity index (χ0n) is 21.0. The normalized spacial score (nSPS) is 15.0. The highest BCUT2D eigenvalue weighted by Crippen LogP contribution is 2.32. The van der Waals surface area contributed by atoms with Crippen molar-refractivity contribution in [3.8, 4) is 22.8 Å². The van der Waals surface area contributed by atoms with Crippen LogP contribution in [0, 0.1) is 0 Å². The molecule has 4 aromatic rings. The monoisotopic (exact) mass is 521 g/mol. The number of halogens is 3. The van der Waals surface area contributed by atoms with E-state index in [0.29, 0.717) is 12.1 Å². The SMILES string of the molecule is FC(F)(F)c1ccccc1CN1CCN(CCCc2cc(-c3cccc(Oc4ccccc4)c3)no2)CC1. The number of rotatable bonds is 9. The van der Waals surface area contributed by atoms with E-state index in [4.69, 9.17) is 9.26 Å². The van der Waals surface area contributed by atoms with Crippen LogP contribution in [0.4, 0.5) is 13.2 Å². The smallest absolute Gasteiger partial charge is 0.416 e. The van der Waals surface area contributed by atoms with Gasteiger partial charge in [0.15, 0.2) is 0 Å². The second-order valence-corrected chi connectivity index (χ2v) is 9.50. The maximum absolute atomic E-state index is 13.3. The number of hydrogen-bond acceptors (Lipinski definition) is 5. The Balaban J connectivity index is 1.08. The first-order valence-electron chi connectivity index (χ1n) is 12.8. The Hall–Kier alpha value is -3.62. The molecule has 1 aliphatic rings. The molecule has 38 heavy (non-hydrogen) atoms. The molecule has 0 aliphatic carbocycles. The van der Waals surface area contributed by atoms with E-state index in [1.54, 1.807) is 12.1 Å². The largest absolute Gasteiger partial charge is 0.457 e. The minimum Gasteiger partial charge on any atom is -0.457 e. The molecule has 0 bridgehead atoms. The van der Waals surface area contributed by atoms with Crippen LogP contribution in [-0.4, -0.2) is 47.7 Å². The molecule has 1 fully saturated rings. The van der Waals surface area contributed by atoms with E-state index in [0.717, 1.165) is 80.1 Å². The van der Waals surface area contributed by atoms with Crippen LogP contribution in [-0.2, 0) is 19.1 Å². The summed E-state index contributed by atoms with van der Waals surface area (Å²) in [5, 5.41) is 4.24. The summed E-state index contributed by atoms with van der Waals surface area (Å²) >= 11 is 0. The highest BCUT2D eigenvalue weighted by Gasteiger charge is 2.33. The number of alkyl halides is 3. The minimum absolute atomic E-state index is 0.321. The number of benzene rings is 3. The summed E-state index contributed by atoms with van der Waals surface area (Å²) in [5.41, 5.74) is 1.50. The van der Waals surface area contributed by atoms with Crippen LogP contribution in [0.25, 0.3) is 11.3 Å². The lowest BCUT2D eigenvalue weighted by Crippen LogP contribution is -2.46. The molecule has 0 radical (unpaired) electrons. The van der Waals surface area contributed by atoms with Gasteiger partial charge in [-0.3, -0.25) is 4.90 Å². The lowest BCUT2D eigenvalue weighted by molar-refractivity contribution is -0.138. The molecule has 5 rings (SSSR count). The number of aromatic nitrogens is 1. The molecular weight excluding hydrogens is 491 g/mol. The van der Waals surface area contributed by atoms with Crippen molar-refractivity contribution in [2.45, 2.75) is 25.6 Å². The number of para-hydroxylation sites is 1. The van der Waals surface area contributed by atoms with Crippen LogP contribution in [0.5, 0.6) is 11.5 Å². The van der Waals surface area contributed by atoms with Gasteiger partial charge in [-0.25, -0.2) is 0 Å². The van der Waals surface area contributed by atoms with Crippen molar-refractivity contribution in [1.29, 1.82) is 0 Å². The van der Waals surface area contributed by atoms with Gasteiger partial charge in [-0.1, -0.05) is 53.7 Å². The number of aryl methyl sites for hydroxylation is 1. The summed E-state index contributed by atoms with van der Waals surface area (Å²) in [6, 6.07) is 25.2. The summed E-state index contributed by atoms with van der Waals surface area (Å²) in [5.74, 6) is 2.34. The van der Waals surface area contributed by atoms with Gasteiger partial charge in [0.05, 0.1) is 5.56 Å². The molecule has 0 spiro atoms. The molecule has 5 nitrogen and oxygen atoms in total. The number of hydrogen-bond donors (Lipinski definition) is 0. The van der Waals surface area contributed by atoms with Gasteiger partial charge in [0.2, 0.25) is 0 Å². The fourth-order valence-electron chi connectivity index (χ4n) is 4.73. The van der Waals surface area contributed by atoms with Crippen LogP contribution >= 0.6 is 0 Å². The topological polar surface area (TPSA) is 41.7 Å². The molecule has 0 saturated carbocycles. The summed E-state index contributed by atoms with van der Waals surface area (Å²) in [6.45, 7) is 4.40. The lowest BCUT2D eigenvalue weighted by Gasteiger charge is -2.35. The summed E-state index contributed by atoms with van der Waals surface area (Å²) in [7, 11) is 0. The Kier molecular flexibility index (Phi) is 8.10. The fraction of sp³-hybridized carbons (Fsp3) is 0.300. The van der Waals surface area contributed by atoms with Crippen molar-refractivity contribution in [2.75, 3.05) is 32.7 Å². The number of nitrogens with zero attached hydrogens (tertiary/aromatic N) is 3. The van der Waals surface area contributed by atoms with E-state index in [2.05, 4.69) is 15.0 Å². The predicted molar refractivity (Wildman–Crippen MR) is 140 cm³/mol. The van der Waals surface area contributed by atoms with Crippen LogP contribution in [0.3, 0.4) is 0 Å². The van der Waals surface area contributed by atoms with Crippen LogP contribution in [0.2, 0.25) is 0 Å². The van der Waals surface area contributed by atoms with Gasteiger partial charge in [0.1, 0.15) is 23.0 Å². The molecule has 0 atom stereocenters. The first kappa shape index (κ1) is 26.0. The Morgan fingerprint density at radius 2 is 1.50 bits per heavy atom. The average Bonchev–Trinajstić information content (AvgIpc) is 3.39. The summed E-state index contributed by atoms with van der Waals surface area (Å²) in [4.78, 5) is 4.45. The zero-order chi connectivity index (χ0) is 26.4. The Labute approximate surface area is 220 Å². The first-order chi connectivity index (χ1) is 18.4. The van der Waals surface area contributed by atoms with Crippen molar-refractivity contribution in [3.63, 3.8) is 0 Å². The van der Waals surface area contributed by atoms with E-state index in [-0.39, 0.29) is 0 Å². The third-order valence-corrected chi connectivity index (χ3v) is 6.75. The van der Waals surface area contributed by atoms with E-state index in [1.165, 1.54) is 6.07 Å². The number of ether oxygens (including phenoxy) is 1. The Bertz CT molecular complexity index is 1320. The highest BCUT2D eigenvalue weighted by molar-refractivity contribution is 5.61. The van der Waals surface area contributed by atoms with E-state index in [9.17, 15) is 13.2 Å². The van der Waals surface area contributed by atoms with Gasteiger partial charge >= 0.3 is 6.18 Å². The van der Waals surface area contributed by atoms with E-state index >= 15 is 0 Å². The van der Waals surface area contributed by atoms with Crippen molar-refractivity contribution in [1.82, 2.24) is 15.0 Å². The van der Waals surface area contributed by atoms with E-state index < -0.39 is 11.7 Å². The molecule has 3 aromatic carbocycles. The van der Waals surface area contributed by atoms with Gasteiger partial charge in [-0.05, 0) is 48.9 Å². The van der Waals surface area contributed by atoms with Crippen LogP contribution in [0.1, 0.15) is 23.3 Å². The standard InChI is InChI=1S/C30H30F3N3O2/c31-30(32,33)28-14-5-4-8-24(28)22-36-18-16-35(17-19-36)15-7-13-27-21-29(34-38-27)23-9-6-12-26(20-23)37-25-10-2-1-3-11-25/h1-6,8-12,14,20-21H,7,13,15-19,22H2. The molecular formula is C30H30F3N3O2. The van der Waals surface area contributed by atoms with E-state index in [1.807, 2.05) is 60.7 Å². The van der Waals surface area contributed by atoms with Crippen molar-refractivity contribution >= 4 is 0 Å². The van der Waals surface area contributed by atoms with Crippen molar-refractivity contribution < 1.29 is 22.4 Å². The summed E-state index contributed by atoms with van der Waals surface area (Å²) in [6.07, 6.45) is -2.63. The Morgan fingerprint density at radius 3 is 2.29 bits per heavy atom. The molecule has 1 saturated heterocycles. The zero-order valence-corrected chi connectivity index (χ0v) is 21.0. The quantitative estimate of drug-likeness (QED) is 0.240. The van der Waals surface area contributed by atoms with Crippen molar-refractivity contribution in [2.24, 2.45) is 0 Å². The minimum atomic E-state index is -4.32. The first-order valence-corrected chi connectivity index (χ1v) is 12.8.